The number of amides is 2. The number of carbonyl (C=O) groups is 2. The molecule has 0 aliphatic carbocycles. The van der Waals surface area contributed by atoms with Gasteiger partial charge in [0.2, 0.25) is 5.91 Å². The van der Waals surface area contributed by atoms with Crippen molar-refractivity contribution >= 4 is 28.3 Å². The number of hydrogen-bond donors (Lipinski definition) is 1. The number of benzene rings is 2. The summed E-state index contributed by atoms with van der Waals surface area (Å²) in [6.45, 7) is 8.18. The maximum absolute atomic E-state index is 12.7. The van der Waals surface area contributed by atoms with Crippen molar-refractivity contribution < 1.29 is 14.3 Å². The zero-order chi connectivity index (χ0) is 24.1. The monoisotopic (exact) mass is 477 g/mol. The maximum Gasteiger partial charge on any atom is 0.254 e. The number of fused-ring (bicyclic) bond motifs is 1. The third-order valence-corrected chi connectivity index (χ3v) is 6.82. The molecule has 6 nitrogen and oxygen atoms in total. The van der Waals surface area contributed by atoms with Crippen LogP contribution < -0.4 is 10.1 Å². The van der Waals surface area contributed by atoms with Crippen LogP contribution in [0.3, 0.4) is 0 Å². The first kappa shape index (κ1) is 24.0. The van der Waals surface area contributed by atoms with Gasteiger partial charge < -0.3 is 15.0 Å². The number of anilines is 1. The molecule has 34 heavy (non-hydrogen) atoms. The van der Waals surface area contributed by atoms with E-state index in [1.165, 1.54) is 16.9 Å². The van der Waals surface area contributed by atoms with Crippen LogP contribution in [0, 0.1) is 0 Å². The first-order valence-electron chi connectivity index (χ1n) is 11.7. The van der Waals surface area contributed by atoms with Gasteiger partial charge in [-0.3, -0.25) is 9.59 Å². The molecule has 2 aromatic carbocycles. The average Bonchev–Trinajstić information content (AvgIpc) is 3.23. The normalized spacial score (nSPS) is 13.3. The molecule has 178 valence electrons. The van der Waals surface area contributed by atoms with E-state index in [-0.39, 0.29) is 17.2 Å². The predicted octanol–water partition coefficient (Wildman–Crippen LogP) is 5.44. The standard InChI is InChI=1S/C27H31N3O3S/c1-27(2,3)20-11-13-21(14-12-20)33-17-7-10-24(31)29-26-28-22-15-16-30(18-23(22)34-26)25(32)19-8-5-4-6-9-19/h4-6,8-9,11-14H,7,10,15-18H2,1-3H3,(H,28,29,31). The minimum absolute atomic E-state index is 0.0262. The Labute approximate surface area is 205 Å². The van der Waals surface area contributed by atoms with Crippen LogP contribution >= 0.6 is 11.3 Å². The molecule has 7 heteroatoms. The van der Waals surface area contributed by atoms with Gasteiger partial charge in [0, 0.05) is 29.8 Å². The van der Waals surface area contributed by atoms with E-state index in [2.05, 4.69) is 43.2 Å². The van der Waals surface area contributed by atoms with E-state index < -0.39 is 0 Å². The second-order valence-electron chi connectivity index (χ2n) is 9.51. The maximum atomic E-state index is 12.7. The second kappa shape index (κ2) is 10.4. The minimum Gasteiger partial charge on any atom is -0.494 e. The highest BCUT2D eigenvalue weighted by Gasteiger charge is 2.25. The highest BCUT2D eigenvalue weighted by Crippen LogP contribution is 2.29. The van der Waals surface area contributed by atoms with Gasteiger partial charge in [-0.05, 0) is 41.7 Å². The van der Waals surface area contributed by atoms with Crippen LogP contribution in [0.1, 0.15) is 60.1 Å². The Balaban J connectivity index is 1.23. The minimum atomic E-state index is -0.0741. The van der Waals surface area contributed by atoms with Crippen LogP contribution in [0.5, 0.6) is 5.75 Å². The summed E-state index contributed by atoms with van der Waals surface area (Å²) in [5.74, 6) is 0.767. The highest BCUT2D eigenvalue weighted by molar-refractivity contribution is 7.15. The molecule has 0 radical (unpaired) electrons. The number of thiazole rings is 1. The Morgan fingerprint density at radius 2 is 1.82 bits per heavy atom. The topological polar surface area (TPSA) is 71.5 Å². The van der Waals surface area contributed by atoms with Crippen molar-refractivity contribution in [1.29, 1.82) is 0 Å². The molecule has 1 aliphatic heterocycles. The lowest BCUT2D eigenvalue weighted by molar-refractivity contribution is -0.116. The Morgan fingerprint density at radius 3 is 2.53 bits per heavy atom. The molecule has 0 fully saturated rings. The van der Waals surface area contributed by atoms with Crippen LogP contribution in [0.25, 0.3) is 0 Å². The van der Waals surface area contributed by atoms with Gasteiger partial charge in [0.15, 0.2) is 5.13 Å². The van der Waals surface area contributed by atoms with Gasteiger partial charge in [-0.2, -0.15) is 0 Å². The van der Waals surface area contributed by atoms with E-state index in [1.54, 1.807) is 0 Å². The fourth-order valence-electron chi connectivity index (χ4n) is 3.84. The number of nitrogens with zero attached hydrogens (tertiary/aromatic N) is 2. The molecule has 0 atom stereocenters. The summed E-state index contributed by atoms with van der Waals surface area (Å²) in [6.07, 6.45) is 1.68. The van der Waals surface area contributed by atoms with Gasteiger partial charge in [0.1, 0.15) is 5.75 Å². The van der Waals surface area contributed by atoms with Crippen LogP contribution in [-0.2, 0) is 23.2 Å². The van der Waals surface area contributed by atoms with Gasteiger partial charge in [-0.25, -0.2) is 4.98 Å². The number of rotatable bonds is 7. The van der Waals surface area contributed by atoms with E-state index in [1.807, 2.05) is 47.4 Å². The van der Waals surface area contributed by atoms with Crippen LogP contribution in [0.2, 0.25) is 0 Å². The summed E-state index contributed by atoms with van der Waals surface area (Å²) in [4.78, 5) is 32.6. The van der Waals surface area contributed by atoms with Gasteiger partial charge in [0.25, 0.3) is 5.91 Å². The lowest BCUT2D eigenvalue weighted by Gasteiger charge is -2.26. The number of ether oxygens (including phenoxy) is 1. The van der Waals surface area contributed by atoms with Crippen molar-refractivity contribution in [3.05, 3.63) is 76.3 Å². The summed E-state index contributed by atoms with van der Waals surface area (Å²) in [5, 5.41) is 3.51. The molecule has 0 saturated heterocycles. The average molecular weight is 478 g/mol. The van der Waals surface area contributed by atoms with E-state index in [9.17, 15) is 9.59 Å². The van der Waals surface area contributed by atoms with Crippen molar-refractivity contribution in [2.75, 3.05) is 18.5 Å². The Kier molecular flexibility index (Phi) is 7.32. The van der Waals surface area contributed by atoms with Gasteiger partial charge in [-0.15, -0.1) is 0 Å². The number of aromatic nitrogens is 1. The van der Waals surface area contributed by atoms with E-state index in [4.69, 9.17) is 4.74 Å². The van der Waals surface area contributed by atoms with Crippen LogP contribution in [-0.4, -0.2) is 34.8 Å². The summed E-state index contributed by atoms with van der Waals surface area (Å²) >= 11 is 1.45. The van der Waals surface area contributed by atoms with Crippen molar-refractivity contribution in [3.63, 3.8) is 0 Å². The van der Waals surface area contributed by atoms with Crippen molar-refractivity contribution in [1.82, 2.24) is 9.88 Å². The van der Waals surface area contributed by atoms with Crippen molar-refractivity contribution in [3.8, 4) is 5.75 Å². The van der Waals surface area contributed by atoms with Crippen LogP contribution in [0.15, 0.2) is 54.6 Å². The molecule has 1 aliphatic rings. The quantitative estimate of drug-likeness (QED) is 0.460. The van der Waals surface area contributed by atoms with Gasteiger partial charge in [-0.1, -0.05) is 62.4 Å². The molecule has 2 amide bonds. The third-order valence-electron chi connectivity index (χ3n) is 5.82. The SMILES string of the molecule is CC(C)(C)c1ccc(OCCCC(=O)Nc2nc3c(s2)CN(C(=O)c2ccccc2)CC3)cc1. The van der Waals surface area contributed by atoms with E-state index in [0.29, 0.717) is 49.7 Å². The zero-order valence-electron chi connectivity index (χ0n) is 20.0. The largest absolute Gasteiger partial charge is 0.494 e. The number of hydrogen-bond acceptors (Lipinski definition) is 5. The van der Waals surface area contributed by atoms with Crippen molar-refractivity contribution in [2.45, 2.75) is 52.0 Å². The summed E-state index contributed by atoms with van der Waals surface area (Å²) < 4.78 is 5.78. The molecule has 1 N–H and O–H groups in total. The Bertz CT molecular complexity index is 1130. The molecule has 0 bridgehead atoms. The predicted molar refractivity (Wildman–Crippen MR) is 136 cm³/mol. The lowest BCUT2D eigenvalue weighted by Crippen LogP contribution is -2.35. The first-order chi connectivity index (χ1) is 16.3. The zero-order valence-corrected chi connectivity index (χ0v) is 20.8. The molecule has 3 aromatic rings. The summed E-state index contributed by atoms with van der Waals surface area (Å²) in [7, 11) is 0. The fraction of sp³-hybridized carbons (Fsp3) is 0.370. The molecule has 0 saturated carbocycles. The molecule has 2 heterocycles. The third kappa shape index (κ3) is 6.03. The van der Waals surface area contributed by atoms with Crippen molar-refractivity contribution in [2.24, 2.45) is 0 Å². The summed E-state index contributed by atoms with van der Waals surface area (Å²) in [6, 6.07) is 17.4. The fourth-order valence-corrected chi connectivity index (χ4v) is 4.88. The second-order valence-corrected chi connectivity index (χ2v) is 10.6. The van der Waals surface area contributed by atoms with Gasteiger partial charge >= 0.3 is 0 Å². The molecular weight excluding hydrogens is 446 g/mol. The Hall–Kier alpha value is -3.19. The molecule has 0 spiro atoms. The molecule has 1 aromatic heterocycles. The Morgan fingerprint density at radius 1 is 1.09 bits per heavy atom. The highest BCUT2D eigenvalue weighted by atomic mass is 32.1. The summed E-state index contributed by atoms with van der Waals surface area (Å²) in [5.41, 5.74) is 3.04. The van der Waals surface area contributed by atoms with E-state index >= 15 is 0 Å². The molecular formula is C27H31N3O3S. The first-order valence-corrected chi connectivity index (χ1v) is 12.5. The number of carbonyl (C=O) groups excluding carboxylic acids is 2. The lowest BCUT2D eigenvalue weighted by atomic mass is 9.87. The molecule has 0 unspecified atom stereocenters. The van der Waals surface area contributed by atoms with Gasteiger partial charge in [0.05, 0.1) is 18.8 Å². The van der Waals surface area contributed by atoms with E-state index in [0.717, 1.165) is 16.3 Å². The van der Waals surface area contributed by atoms with Crippen LogP contribution in [0.4, 0.5) is 5.13 Å². The number of nitrogens with one attached hydrogen (secondary N) is 1. The smallest absolute Gasteiger partial charge is 0.254 e. The molecule has 4 rings (SSSR count).